The van der Waals surface area contributed by atoms with Crippen molar-refractivity contribution in [1.29, 1.82) is 0 Å². The van der Waals surface area contributed by atoms with Gasteiger partial charge < -0.3 is 4.98 Å². The van der Waals surface area contributed by atoms with Crippen LogP contribution in [0.5, 0.6) is 0 Å². The molecule has 0 unspecified atom stereocenters. The minimum Gasteiger partial charge on any atom is -0.310 e. The SMILES string of the molecule is O=c1[nH]cnn2c1cc1c(CN3CCCC3)cccc12. The third-order valence-electron chi connectivity index (χ3n) is 4.10. The molecule has 0 aliphatic carbocycles. The number of H-pyrrole nitrogens is 1. The highest BCUT2D eigenvalue weighted by Crippen LogP contribution is 2.23. The predicted molar refractivity (Wildman–Crippen MR) is 77.8 cm³/mol. The first-order valence-electron chi connectivity index (χ1n) is 7.02. The molecule has 5 heteroatoms. The van der Waals surface area contributed by atoms with Crippen LogP contribution in [0.2, 0.25) is 0 Å². The number of nitrogens with zero attached hydrogens (tertiary/aromatic N) is 3. The van der Waals surface area contributed by atoms with E-state index in [0.29, 0.717) is 5.52 Å². The number of aromatic amines is 1. The highest BCUT2D eigenvalue weighted by Gasteiger charge is 2.15. The molecule has 4 rings (SSSR count). The van der Waals surface area contributed by atoms with Gasteiger partial charge in [0.1, 0.15) is 11.8 Å². The van der Waals surface area contributed by atoms with E-state index in [1.54, 1.807) is 4.52 Å². The summed E-state index contributed by atoms with van der Waals surface area (Å²) >= 11 is 0. The molecule has 0 radical (unpaired) electrons. The second kappa shape index (κ2) is 4.45. The molecule has 3 heterocycles. The molecule has 0 spiro atoms. The van der Waals surface area contributed by atoms with Crippen molar-refractivity contribution in [3.63, 3.8) is 0 Å². The second-order valence-corrected chi connectivity index (χ2v) is 5.39. The molecule has 0 saturated carbocycles. The number of benzene rings is 1. The monoisotopic (exact) mass is 268 g/mol. The number of fused-ring (bicyclic) bond motifs is 3. The summed E-state index contributed by atoms with van der Waals surface area (Å²) in [7, 11) is 0. The Morgan fingerprint density at radius 2 is 2.05 bits per heavy atom. The highest BCUT2D eigenvalue weighted by molar-refractivity contribution is 5.89. The number of aromatic nitrogens is 3. The zero-order chi connectivity index (χ0) is 13.5. The molecule has 1 aliphatic rings. The van der Waals surface area contributed by atoms with Gasteiger partial charge in [0, 0.05) is 11.9 Å². The highest BCUT2D eigenvalue weighted by atomic mass is 16.1. The molecule has 1 aromatic carbocycles. The van der Waals surface area contributed by atoms with Crippen LogP contribution in [0.3, 0.4) is 0 Å². The average molecular weight is 268 g/mol. The lowest BCUT2D eigenvalue weighted by Gasteiger charge is -2.15. The van der Waals surface area contributed by atoms with Gasteiger partial charge in [-0.3, -0.25) is 9.69 Å². The van der Waals surface area contributed by atoms with Crippen molar-refractivity contribution >= 4 is 16.4 Å². The Hall–Kier alpha value is -2.14. The minimum atomic E-state index is -0.0941. The summed E-state index contributed by atoms with van der Waals surface area (Å²) in [6.45, 7) is 3.29. The fourth-order valence-corrected chi connectivity index (χ4v) is 3.10. The predicted octanol–water partition coefficient (Wildman–Crippen LogP) is 1.77. The fraction of sp³-hybridized carbons (Fsp3) is 0.333. The maximum Gasteiger partial charge on any atom is 0.275 e. The lowest BCUT2D eigenvalue weighted by atomic mass is 10.1. The lowest BCUT2D eigenvalue weighted by molar-refractivity contribution is 0.332. The summed E-state index contributed by atoms with van der Waals surface area (Å²) in [4.78, 5) is 17.0. The maximum atomic E-state index is 11.9. The number of hydrogen-bond acceptors (Lipinski definition) is 3. The van der Waals surface area contributed by atoms with E-state index in [1.165, 1.54) is 37.8 Å². The third-order valence-corrected chi connectivity index (χ3v) is 4.10. The van der Waals surface area contributed by atoms with Crippen molar-refractivity contribution in [2.24, 2.45) is 0 Å². The summed E-state index contributed by atoms with van der Waals surface area (Å²) in [5.74, 6) is 0. The summed E-state index contributed by atoms with van der Waals surface area (Å²) in [5, 5.41) is 5.38. The first kappa shape index (κ1) is 11.7. The summed E-state index contributed by atoms with van der Waals surface area (Å²) in [5.41, 5.74) is 2.79. The first-order valence-corrected chi connectivity index (χ1v) is 7.02. The van der Waals surface area contributed by atoms with Crippen LogP contribution in [0.15, 0.2) is 35.4 Å². The van der Waals surface area contributed by atoms with Crippen LogP contribution < -0.4 is 5.56 Å². The van der Waals surface area contributed by atoms with Crippen molar-refractivity contribution in [3.05, 3.63) is 46.5 Å². The fourth-order valence-electron chi connectivity index (χ4n) is 3.10. The molecule has 0 atom stereocenters. The number of hydrogen-bond donors (Lipinski definition) is 1. The zero-order valence-corrected chi connectivity index (χ0v) is 11.2. The summed E-state index contributed by atoms with van der Waals surface area (Å²) < 4.78 is 1.72. The Morgan fingerprint density at radius 3 is 2.90 bits per heavy atom. The van der Waals surface area contributed by atoms with Gasteiger partial charge in [0.05, 0.1) is 5.52 Å². The van der Waals surface area contributed by atoms with Crippen LogP contribution in [0.4, 0.5) is 0 Å². The van der Waals surface area contributed by atoms with Gasteiger partial charge in [-0.05, 0) is 43.6 Å². The van der Waals surface area contributed by atoms with Crippen molar-refractivity contribution in [2.75, 3.05) is 13.1 Å². The third kappa shape index (κ3) is 1.74. The Kier molecular flexibility index (Phi) is 2.60. The zero-order valence-electron chi connectivity index (χ0n) is 11.2. The van der Waals surface area contributed by atoms with Crippen LogP contribution in [-0.4, -0.2) is 32.6 Å². The molecular formula is C15H16N4O. The Labute approximate surface area is 115 Å². The van der Waals surface area contributed by atoms with E-state index in [-0.39, 0.29) is 5.56 Å². The van der Waals surface area contributed by atoms with E-state index in [1.807, 2.05) is 18.2 Å². The van der Waals surface area contributed by atoms with Crippen molar-refractivity contribution < 1.29 is 0 Å². The normalized spacial score (nSPS) is 16.4. The molecule has 5 nitrogen and oxygen atoms in total. The van der Waals surface area contributed by atoms with Crippen molar-refractivity contribution in [1.82, 2.24) is 19.5 Å². The van der Waals surface area contributed by atoms with E-state index >= 15 is 0 Å². The van der Waals surface area contributed by atoms with E-state index in [0.717, 1.165) is 17.4 Å². The Balaban J connectivity index is 1.91. The molecule has 1 fully saturated rings. The van der Waals surface area contributed by atoms with Gasteiger partial charge in [-0.2, -0.15) is 5.10 Å². The van der Waals surface area contributed by atoms with Gasteiger partial charge in [-0.15, -0.1) is 0 Å². The van der Waals surface area contributed by atoms with Gasteiger partial charge >= 0.3 is 0 Å². The topological polar surface area (TPSA) is 53.4 Å². The second-order valence-electron chi connectivity index (χ2n) is 5.39. The molecule has 3 aromatic rings. The largest absolute Gasteiger partial charge is 0.310 e. The Bertz CT molecular complexity index is 827. The van der Waals surface area contributed by atoms with E-state index in [9.17, 15) is 4.79 Å². The van der Waals surface area contributed by atoms with Crippen LogP contribution >= 0.6 is 0 Å². The van der Waals surface area contributed by atoms with Gasteiger partial charge in [-0.25, -0.2) is 4.52 Å². The van der Waals surface area contributed by atoms with E-state index in [2.05, 4.69) is 21.0 Å². The lowest BCUT2D eigenvalue weighted by Crippen LogP contribution is -2.18. The Morgan fingerprint density at radius 1 is 1.20 bits per heavy atom. The quantitative estimate of drug-likeness (QED) is 0.770. The smallest absolute Gasteiger partial charge is 0.275 e. The maximum absolute atomic E-state index is 11.9. The van der Waals surface area contributed by atoms with Crippen LogP contribution in [0.25, 0.3) is 16.4 Å². The summed E-state index contributed by atoms with van der Waals surface area (Å²) in [6, 6.07) is 8.16. The number of likely N-dealkylation sites (tertiary alicyclic amines) is 1. The molecule has 20 heavy (non-hydrogen) atoms. The minimum absolute atomic E-state index is 0.0941. The van der Waals surface area contributed by atoms with E-state index in [4.69, 9.17) is 0 Å². The van der Waals surface area contributed by atoms with Crippen LogP contribution in [-0.2, 0) is 6.54 Å². The van der Waals surface area contributed by atoms with Gasteiger partial charge in [0.2, 0.25) is 0 Å². The molecule has 0 bridgehead atoms. The molecular weight excluding hydrogens is 252 g/mol. The average Bonchev–Trinajstić information content (AvgIpc) is 3.08. The number of nitrogens with one attached hydrogen (secondary N) is 1. The number of rotatable bonds is 2. The molecule has 2 aromatic heterocycles. The molecule has 1 aliphatic heterocycles. The summed E-state index contributed by atoms with van der Waals surface area (Å²) in [6.07, 6.45) is 4.02. The van der Waals surface area contributed by atoms with Crippen LogP contribution in [0.1, 0.15) is 18.4 Å². The molecule has 102 valence electrons. The van der Waals surface area contributed by atoms with Gasteiger partial charge in [-0.1, -0.05) is 12.1 Å². The molecule has 1 N–H and O–H groups in total. The van der Waals surface area contributed by atoms with E-state index < -0.39 is 0 Å². The van der Waals surface area contributed by atoms with Crippen LogP contribution in [0, 0.1) is 0 Å². The van der Waals surface area contributed by atoms with Crippen molar-refractivity contribution in [2.45, 2.75) is 19.4 Å². The van der Waals surface area contributed by atoms with Gasteiger partial charge in [0.15, 0.2) is 0 Å². The van der Waals surface area contributed by atoms with Crippen molar-refractivity contribution in [3.8, 4) is 0 Å². The standard InChI is InChI=1S/C15H16N4O/c20-15-14-8-12-11(9-18-6-1-2-7-18)4-3-5-13(12)19(14)17-10-16-15/h3-5,8,10H,1-2,6-7,9H2,(H,16,17,20). The molecule has 0 amide bonds. The molecule has 1 saturated heterocycles. The van der Waals surface area contributed by atoms with Gasteiger partial charge in [0.25, 0.3) is 5.56 Å². The first-order chi connectivity index (χ1) is 9.83.